The van der Waals surface area contributed by atoms with Crippen molar-refractivity contribution in [2.45, 2.75) is 18.7 Å². The summed E-state index contributed by atoms with van der Waals surface area (Å²) in [6, 6.07) is 4.58. The van der Waals surface area contributed by atoms with E-state index in [2.05, 4.69) is 15.9 Å². The van der Waals surface area contributed by atoms with E-state index >= 15 is 0 Å². The van der Waals surface area contributed by atoms with Crippen LogP contribution >= 0.6 is 27.5 Å². The van der Waals surface area contributed by atoms with E-state index in [-0.39, 0.29) is 10.3 Å². The van der Waals surface area contributed by atoms with Crippen molar-refractivity contribution in [3.63, 3.8) is 0 Å². The average molecular weight is 370 g/mol. The van der Waals surface area contributed by atoms with Crippen LogP contribution in [0.3, 0.4) is 0 Å². The van der Waals surface area contributed by atoms with Gasteiger partial charge in [-0.25, -0.2) is 12.7 Å². The molecule has 1 aromatic carbocycles. The first kappa shape index (κ1) is 16.9. The molecule has 0 saturated heterocycles. The highest BCUT2D eigenvalue weighted by Crippen LogP contribution is 2.27. The van der Waals surface area contributed by atoms with Gasteiger partial charge in [0.2, 0.25) is 10.0 Å². The number of hydrogen-bond donors (Lipinski definition) is 1. The van der Waals surface area contributed by atoms with Gasteiger partial charge in [0.25, 0.3) is 0 Å². The second kappa shape index (κ2) is 6.10. The highest BCUT2D eigenvalue weighted by molar-refractivity contribution is 9.10. The molecule has 0 aliphatic heterocycles. The fourth-order valence-corrected chi connectivity index (χ4v) is 3.45. The molecule has 0 heterocycles. The number of rotatable bonds is 5. The van der Waals surface area contributed by atoms with Gasteiger partial charge in [0, 0.05) is 18.1 Å². The Hall–Kier alpha value is -0.140. The first-order valence-corrected chi connectivity index (χ1v) is 8.33. The summed E-state index contributed by atoms with van der Waals surface area (Å²) in [5.74, 6) is 0. The normalized spacial score (nSPS) is 13.0. The van der Waals surface area contributed by atoms with Crippen LogP contribution in [0.2, 0.25) is 5.02 Å². The van der Waals surface area contributed by atoms with Gasteiger partial charge in [0.15, 0.2) is 0 Å². The fraction of sp³-hybridized carbons (Fsp3) is 0.500. The topological polar surface area (TPSA) is 63.4 Å². The molecule has 4 nitrogen and oxygen atoms in total. The molecule has 19 heavy (non-hydrogen) atoms. The molecule has 1 aromatic rings. The number of halogens is 2. The Balaban J connectivity index is 3.06. The van der Waals surface area contributed by atoms with Crippen molar-refractivity contribution in [3.05, 3.63) is 27.7 Å². The minimum absolute atomic E-state index is 0.177. The third-order valence-corrected chi connectivity index (χ3v) is 5.83. The van der Waals surface area contributed by atoms with Crippen LogP contribution in [-0.4, -0.2) is 32.9 Å². The van der Waals surface area contributed by atoms with E-state index in [9.17, 15) is 8.42 Å². The Labute approximate surface area is 128 Å². The molecular weight excluding hydrogens is 352 g/mol. The van der Waals surface area contributed by atoms with Crippen LogP contribution in [0.15, 0.2) is 27.6 Å². The third kappa shape index (κ3) is 4.16. The van der Waals surface area contributed by atoms with Gasteiger partial charge in [-0.05, 0) is 46.1 Å². The lowest BCUT2D eigenvalue weighted by molar-refractivity contribution is 0.292. The van der Waals surface area contributed by atoms with Gasteiger partial charge >= 0.3 is 0 Å². The number of nitrogens with two attached hydrogens (primary N) is 1. The van der Waals surface area contributed by atoms with Gasteiger partial charge in [-0.3, -0.25) is 0 Å². The third-order valence-electron chi connectivity index (χ3n) is 2.80. The van der Waals surface area contributed by atoms with Crippen LogP contribution < -0.4 is 5.73 Å². The molecule has 0 fully saturated rings. The first-order chi connectivity index (χ1) is 8.60. The molecule has 0 radical (unpaired) electrons. The molecule has 0 aromatic heterocycles. The molecule has 0 amide bonds. The maximum absolute atomic E-state index is 12.4. The van der Waals surface area contributed by atoms with E-state index in [4.69, 9.17) is 17.3 Å². The Morgan fingerprint density at radius 2 is 2.00 bits per heavy atom. The van der Waals surface area contributed by atoms with Crippen molar-refractivity contribution in [1.82, 2.24) is 4.31 Å². The van der Waals surface area contributed by atoms with Crippen molar-refractivity contribution in [3.8, 4) is 0 Å². The minimum Gasteiger partial charge on any atom is -0.330 e. The van der Waals surface area contributed by atoms with Crippen molar-refractivity contribution in [1.29, 1.82) is 0 Å². The van der Waals surface area contributed by atoms with E-state index in [0.29, 0.717) is 22.6 Å². The molecule has 0 aliphatic rings. The van der Waals surface area contributed by atoms with E-state index in [1.54, 1.807) is 13.1 Å². The van der Waals surface area contributed by atoms with Crippen molar-refractivity contribution >= 4 is 37.6 Å². The van der Waals surface area contributed by atoms with Crippen LogP contribution in [0.4, 0.5) is 0 Å². The zero-order chi connectivity index (χ0) is 14.8. The van der Waals surface area contributed by atoms with E-state index in [0.717, 1.165) is 0 Å². The largest absolute Gasteiger partial charge is 0.330 e. The molecule has 0 saturated carbocycles. The highest BCUT2D eigenvalue weighted by atomic mass is 79.9. The van der Waals surface area contributed by atoms with Gasteiger partial charge in [0.05, 0.1) is 9.92 Å². The zero-order valence-electron chi connectivity index (χ0n) is 11.2. The standard InChI is InChI=1S/C12H18BrClN2O2S/c1-12(2,7-15)8-16(3)19(17,18)9-4-5-10(13)11(14)6-9/h4-6H,7-8,15H2,1-3H3. The Bertz CT molecular complexity index is 561. The molecule has 108 valence electrons. The molecule has 0 unspecified atom stereocenters. The monoisotopic (exact) mass is 368 g/mol. The summed E-state index contributed by atoms with van der Waals surface area (Å²) in [5.41, 5.74) is 5.35. The van der Waals surface area contributed by atoms with E-state index in [1.165, 1.54) is 16.4 Å². The summed E-state index contributed by atoms with van der Waals surface area (Å²) in [5, 5.41) is 0.368. The van der Waals surface area contributed by atoms with Gasteiger partial charge in [0.1, 0.15) is 0 Å². The lowest BCUT2D eigenvalue weighted by Gasteiger charge is -2.28. The van der Waals surface area contributed by atoms with Gasteiger partial charge in [-0.1, -0.05) is 25.4 Å². The van der Waals surface area contributed by atoms with Gasteiger partial charge in [-0.2, -0.15) is 0 Å². The summed E-state index contributed by atoms with van der Waals surface area (Å²) >= 11 is 9.17. The second-order valence-electron chi connectivity index (χ2n) is 5.21. The predicted octanol–water partition coefficient (Wildman–Crippen LogP) is 2.71. The van der Waals surface area contributed by atoms with Crippen LogP contribution in [0, 0.1) is 5.41 Å². The van der Waals surface area contributed by atoms with Gasteiger partial charge < -0.3 is 5.73 Å². The fourth-order valence-electron chi connectivity index (χ4n) is 1.57. The second-order valence-corrected chi connectivity index (χ2v) is 8.51. The molecule has 2 N–H and O–H groups in total. The molecule has 0 atom stereocenters. The van der Waals surface area contributed by atoms with Crippen LogP contribution in [0.25, 0.3) is 0 Å². The Morgan fingerprint density at radius 3 is 2.47 bits per heavy atom. The lowest BCUT2D eigenvalue weighted by atomic mass is 9.94. The Kier molecular flexibility index (Phi) is 5.43. The average Bonchev–Trinajstić information content (AvgIpc) is 2.32. The number of benzene rings is 1. The highest BCUT2D eigenvalue weighted by Gasteiger charge is 2.27. The van der Waals surface area contributed by atoms with Crippen molar-refractivity contribution in [2.24, 2.45) is 11.1 Å². The van der Waals surface area contributed by atoms with E-state index < -0.39 is 10.0 Å². The molecule has 1 rings (SSSR count). The quantitative estimate of drug-likeness (QED) is 0.868. The summed E-state index contributed by atoms with van der Waals surface area (Å²) < 4.78 is 26.8. The molecule has 0 spiro atoms. The summed E-state index contributed by atoms with van der Waals surface area (Å²) in [6.45, 7) is 4.61. The smallest absolute Gasteiger partial charge is 0.242 e. The summed E-state index contributed by atoms with van der Waals surface area (Å²) in [6.07, 6.45) is 0. The van der Waals surface area contributed by atoms with E-state index in [1.807, 2.05) is 13.8 Å². The molecule has 7 heteroatoms. The van der Waals surface area contributed by atoms with Crippen molar-refractivity contribution < 1.29 is 8.42 Å². The maximum atomic E-state index is 12.4. The summed E-state index contributed by atoms with van der Waals surface area (Å²) in [4.78, 5) is 0.177. The number of sulfonamides is 1. The van der Waals surface area contributed by atoms with Crippen LogP contribution in [-0.2, 0) is 10.0 Å². The molecular formula is C12H18BrClN2O2S. The van der Waals surface area contributed by atoms with Crippen LogP contribution in [0.1, 0.15) is 13.8 Å². The first-order valence-electron chi connectivity index (χ1n) is 5.71. The Morgan fingerprint density at radius 1 is 1.42 bits per heavy atom. The number of nitrogens with zero attached hydrogens (tertiary/aromatic N) is 1. The SMILES string of the molecule is CN(CC(C)(C)CN)S(=O)(=O)c1ccc(Br)c(Cl)c1. The molecule has 0 aliphatic carbocycles. The van der Waals surface area contributed by atoms with Crippen LogP contribution in [0.5, 0.6) is 0 Å². The van der Waals surface area contributed by atoms with Gasteiger partial charge in [-0.15, -0.1) is 0 Å². The predicted molar refractivity (Wildman–Crippen MR) is 81.8 cm³/mol. The zero-order valence-corrected chi connectivity index (χ0v) is 14.3. The minimum atomic E-state index is -3.55. The lowest BCUT2D eigenvalue weighted by Crippen LogP contribution is -2.39. The summed E-state index contributed by atoms with van der Waals surface area (Å²) in [7, 11) is -2.00. The maximum Gasteiger partial charge on any atom is 0.242 e. The number of hydrogen-bond acceptors (Lipinski definition) is 3. The van der Waals surface area contributed by atoms with Crippen molar-refractivity contribution in [2.75, 3.05) is 20.1 Å². The molecule has 0 bridgehead atoms.